The third-order valence-electron chi connectivity index (χ3n) is 4.47. The van der Waals surface area contributed by atoms with Crippen molar-refractivity contribution in [1.29, 1.82) is 0 Å². The van der Waals surface area contributed by atoms with E-state index in [4.69, 9.17) is 0 Å². The Morgan fingerprint density at radius 2 is 2.16 bits per heavy atom. The number of nitro groups is 1. The number of aliphatic imine (C=N–C) groups is 1. The molecule has 2 fully saturated rings. The summed E-state index contributed by atoms with van der Waals surface area (Å²) in [6.07, 6.45) is 1.59. The zero-order chi connectivity index (χ0) is 18.2. The smallest absolute Gasteiger partial charge is 0.269 e. The standard InChI is InChI=1S/C16H18N4O4S/c1-16(2)15(17-9-21)19-8-12(14(19)25-16)18-13(22)7-10-3-5-11(6-4-10)20(23)24/h3-6,12,14-15H,7-8H2,1-2H3,(H,18,22)/t12-,14-,15-/m0/s1. The normalized spacial score (nSPS) is 26.9. The average molecular weight is 362 g/mol. The summed E-state index contributed by atoms with van der Waals surface area (Å²) in [5.74, 6) is -0.126. The van der Waals surface area contributed by atoms with Crippen molar-refractivity contribution in [1.82, 2.24) is 10.2 Å². The number of isocyanates is 1. The summed E-state index contributed by atoms with van der Waals surface area (Å²) in [7, 11) is 0. The number of nitro benzene ring substituents is 1. The van der Waals surface area contributed by atoms with Gasteiger partial charge < -0.3 is 5.32 Å². The van der Waals surface area contributed by atoms with Crippen molar-refractivity contribution in [2.24, 2.45) is 4.99 Å². The van der Waals surface area contributed by atoms with Crippen LogP contribution in [0.15, 0.2) is 29.3 Å². The highest BCUT2D eigenvalue weighted by molar-refractivity contribution is 8.01. The molecule has 0 aromatic heterocycles. The first-order chi connectivity index (χ1) is 11.8. The molecule has 0 radical (unpaired) electrons. The predicted molar refractivity (Wildman–Crippen MR) is 92.8 cm³/mol. The van der Waals surface area contributed by atoms with Gasteiger partial charge in [-0.2, -0.15) is 4.99 Å². The second-order valence-electron chi connectivity index (χ2n) is 6.68. The third-order valence-corrected chi connectivity index (χ3v) is 6.13. The first-order valence-corrected chi connectivity index (χ1v) is 8.73. The molecule has 25 heavy (non-hydrogen) atoms. The van der Waals surface area contributed by atoms with Crippen LogP contribution in [-0.2, 0) is 16.0 Å². The van der Waals surface area contributed by atoms with Crippen molar-refractivity contribution in [3.8, 4) is 0 Å². The van der Waals surface area contributed by atoms with Gasteiger partial charge in [-0.3, -0.25) is 19.8 Å². The number of hydrogen-bond donors (Lipinski definition) is 1. The van der Waals surface area contributed by atoms with E-state index in [1.54, 1.807) is 30.0 Å². The van der Waals surface area contributed by atoms with Gasteiger partial charge in [-0.25, -0.2) is 4.79 Å². The molecule has 9 heteroatoms. The molecule has 0 bridgehead atoms. The Balaban J connectivity index is 1.57. The molecule has 2 aliphatic rings. The minimum absolute atomic E-state index is 0.00155. The van der Waals surface area contributed by atoms with Crippen LogP contribution in [0, 0.1) is 10.1 Å². The summed E-state index contributed by atoms with van der Waals surface area (Å²) >= 11 is 1.69. The van der Waals surface area contributed by atoms with Gasteiger partial charge >= 0.3 is 0 Å². The molecule has 2 heterocycles. The third kappa shape index (κ3) is 3.44. The maximum Gasteiger partial charge on any atom is 0.269 e. The number of rotatable bonds is 5. The molecular formula is C16H18N4O4S. The molecule has 1 aromatic carbocycles. The summed E-state index contributed by atoms with van der Waals surface area (Å²) < 4.78 is -0.208. The van der Waals surface area contributed by atoms with Gasteiger partial charge in [0.2, 0.25) is 12.0 Å². The summed E-state index contributed by atoms with van der Waals surface area (Å²) in [5.41, 5.74) is 0.729. The summed E-state index contributed by atoms with van der Waals surface area (Å²) in [6, 6.07) is 5.97. The van der Waals surface area contributed by atoms with E-state index in [2.05, 4.69) is 15.2 Å². The Morgan fingerprint density at radius 1 is 1.48 bits per heavy atom. The summed E-state index contributed by atoms with van der Waals surface area (Å²) in [6.45, 7) is 4.69. The minimum Gasteiger partial charge on any atom is -0.349 e. The first kappa shape index (κ1) is 17.6. The predicted octanol–water partition coefficient (Wildman–Crippen LogP) is 1.45. The van der Waals surface area contributed by atoms with Gasteiger partial charge in [0.05, 0.1) is 22.8 Å². The lowest BCUT2D eigenvalue weighted by Gasteiger charge is -2.44. The van der Waals surface area contributed by atoms with Crippen LogP contribution < -0.4 is 5.32 Å². The monoisotopic (exact) mass is 362 g/mol. The van der Waals surface area contributed by atoms with Gasteiger partial charge in [0.1, 0.15) is 6.17 Å². The number of fused-ring (bicyclic) bond motifs is 1. The number of thioether (sulfide) groups is 1. The van der Waals surface area contributed by atoms with Crippen molar-refractivity contribution >= 4 is 29.4 Å². The molecule has 8 nitrogen and oxygen atoms in total. The van der Waals surface area contributed by atoms with Crippen molar-refractivity contribution < 1.29 is 14.5 Å². The molecular weight excluding hydrogens is 344 g/mol. The number of non-ortho nitro benzene ring substituents is 1. The van der Waals surface area contributed by atoms with Crippen LogP contribution in [0.5, 0.6) is 0 Å². The van der Waals surface area contributed by atoms with Crippen LogP contribution >= 0.6 is 11.8 Å². The SMILES string of the molecule is CC1(C)S[C@H]2[C@@H](NC(=O)Cc3ccc([N+](=O)[O-])cc3)CN2[C@@H]1N=C=O. The molecule has 0 aliphatic carbocycles. The Labute approximate surface area is 148 Å². The second kappa shape index (κ2) is 6.59. The lowest BCUT2D eigenvalue weighted by Crippen LogP contribution is -2.65. The quantitative estimate of drug-likeness (QED) is 0.368. The largest absolute Gasteiger partial charge is 0.349 e. The van der Waals surface area contributed by atoms with E-state index >= 15 is 0 Å². The number of carbonyl (C=O) groups excluding carboxylic acids is 2. The van der Waals surface area contributed by atoms with Crippen molar-refractivity contribution in [2.45, 2.75) is 42.6 Å². The van der Waals surface area contributed by atoms with Gasteiger partial charge in [-0.05, 0) is 19.4 Å². The topological polar surface area (TPSA) is 105 Å². The molecule has 3 rings (SSSR count). The Kier molecular flexibility index (Phi) is 4.64. The highest BCUT2D eigenvalue weighted by Gasteiger charge is 2.56. The van der Waals surface area contributed by atoms with Gasteiger partial charge in [-0.1, -0.05) is 12.1 Å². The fourth-order valence-corrected chi connectivity index (χ4v) is 4.84. The Hall–Kier alpha value is -2.22. The van der Waals surface area contributed by atoms with E-state index in [1.165, 1.54) is 12.1 Å². The maximum atomic E-state index is 12.2. The van der Waals surface area contributed by atoms with Crippen molar-refractivity contribution in [3.63, 3.8) is 0 Å². The summed E-state index contributed by atoms with van der Waals surface area (Å²) in [4.78, 5) is 39.0. The van der Waals surface area contributed by atoms with E-state index in [0.29, 0.717) is 6.54 Å². The van der Waals surface area contributed by atoms with Gasteiger partial charge in [0.15, 0.2) is 0 Å². The molecule has 1 amide bonds. The van der Waals surface area contributed by atoms with E-state index in [9.17, 15) is 19.7 Å². The molecule has 0 spiro atoms. The van der Waals surface area contributed by atoms with E-state index in [0.717, 1.165) is 5.56 Å². The average Bonchev–Trinajstić information content (AvgIpc) is 2.74. The van der Waals surface area contributed by atoms with Gasteiger partial charge in [-0.15, -0.1) is 11.8 Å². The Bertz CT molecular complexity index is 745. The van der Waals surface area contributed by atoms with Gasteiger partial charge in [0.25, 0.3) is 5.69 Å². The van der Waals surface area contributed by atoms with E-state index in [1.807, 2.05) is 13.8 Å². The number of amides is 1. The number of nitrogens with zero attached hydrogens (tertiary/aromatic N) is 3. The lowest BCUT2D eigenvalue weighted by atomic mass is 10.0. The molecule has 1 N–H and O–H groups in total. The first-order valence-electron chi connectivity index (χ1n) is 7.85. The zero-order valence-corrected chi connectivity index (χ0v) is 14.7. The Morgan fingerprint density at radius 3 is 2.76 bits per heavy atom. The molecule has 132 valence electrons. The second-order valence-corrected chi connectivity index (χ2v) is 8.45. The molecule has 0 unspecified atom stereocenters. The highest BCUT2D eigenvalue weighted by atomic mass is 32.2. The van der Waals surface area contributed by atoms with Crippen LogP contribution in [0.3, 0.4) is 0 Å². The molecule has 2 aliphatic heterocycles. The van der Waals surface area contributed by atoms with E-state index < -0.39 is 4.92 Å². The van der Waals surface area contributed by atoms with Crippen LogP contribution in [-0.4, -0.2) is 50.7 Å². The molecule has 2 saturated heterocycles. The van der Waals surface area contributed by atoms with E-state index in [-0.39, 0.29) is 40.3 Å². The highest BCUT2D eigenvalue weighted by Crippen LogP contribution is 2.50. The lowest BCUT2D eigenvalue weighted by molar-refractivity contribution is -0.384. The number of benzene rings is 1. The zero-order valence-electron chi connectivity index (χ0n) is 13.8. The van der Waals surface area contributed by atoms with Crippen LogP contribution in [0.4, 0.5) is 5.69 Å². The molecule has 0 saturated carbocycles. The fraction of sp³-hybridized carbons (Fsp3) is 0.500. The van der Waals surface area contributed by atoms with Crippen LogP contribution in [0.25, 0.3) is 0 Å². The van der Waals surface area contributed by atoms with Crippen molar-refractivity contribution in [3.05, 3.63) is 39.9 Å². The number of hydrogen-bond acceptors (Lipinski definition) is 7. The maximum absolute atomic E-state index is 12.2. The number of carbonyl (C=O) groups is 1. The van der Waals surface area contributed by atoms with Crippen molar-refractivity contribution in [2.75, 3.05) is 6.54 Å². The fourth-order valence-electron chi connectivity index (χ4n) is 3.25. The van der Waals surface area contributed by atoms with Crippen LogP contribution in [0.1, 0.15) is 19.4 Å². The minimum atomic E-state index is -0.468. The number of nitrogens with one attached hydrogen (secondary N) is 1. The molecule has 3 atom stereocenters. The molecule has 1 aromatic rings. The van der Waals surface area contributed by atoms with Crippen LogP contribution in [0.2, 0.25) is 0 Å². The summed E-state index contributed by atoms with van der Waals surface area (Å²) in [5, 5.41) is 13.7. The van der Waals surface area contributed by atoms with Gasteiger partial charge in [0, 0.05) is 23.4 Å².